The Morgan fingerprint density at radius 1 is 1.19 bits per heavy atom. The van der Waals surface area contributed by atoms with Crippen LogP contribution < -0.4 is 20.7 Å². The molecule has 8 nitrogen and oxygen atoms in total. The summed E-state index contributed by atoms with van der Waals surface area (Å²) in [6.07, 6.45) is -7.38. The van der Waals surface area contributed by atoms with Crippen LogP contribution in [0.4, 0.5) is 18.9 Å². The number of anilines is 1. The molecule has 11 heteroatoms. The molecule has 4 rings (SSSR count). The number of halogens is 3. The predicted octanol–water partition coefficient (Wildman–Crippen LogP) is 3.18. The van der Waals surface area contributed by atoms with E-state index in [-0.39, 0.29) is 0 Å². The second-order valence-electron chi connectivity index (χ2n) is 9.05. The number of nitrogens with two attached hydrogens (primary N) is 1. The summed E-state index contributed by atoms with van der Waals surface area (Å²) in [4.78, 5) is 44.8. The highest BCUT2D eigenvalue weighted by atomic mass is 19.4. The largest absolute Gasteiger partial charge is 0.491 e. The molecule has 0 radical (unpaired) electrons. The van der Waals surface area contributed by atoms with Gasteiger partial charge in [-0.2, -0.15) is 13.2 Å². The van der Waals surface area contributed by atoms with Gasteiger partial charge in [-0.25, -0.2) is 4.99 Å². The van der Waals surface area contributed by atoms with Crippen molar-refractivity contribution in [3.8, 4) is 5.75 Å². The molecule has 0 aliphatic carbocycles. The van der Waals surface area contributed by atoms with E-state index in [0.29, 0.717) is 47.8 Å². The number of nitrogens with zero attached hydrogens (tertiary/aromatic N) is 2. The van der Waals surface area contributed by atoms with Gasteiger partial charge < -0.3 is 20.7 Å². The van der Waals surface area contributed by atoms with Crippen molar-refractivity contribution >= 4 is 29.1 Å². The van der Waals surface area contributed by atoms with Crippen LogP contribution in [0.5, 0.6) is 5.75 Å². The van der Waals surface area contributed by atoms with Crippen LogP contribution in [0, 0.1) is 11.8 Å². The second kappa shape index (κ2) is 10.6. The van der Waals surface area contributed by atoms with Crippen LogP contribution in [0.3, 0.4) is 0 Å². The molecule has 2 aromatic carbocycles. The number of nitrogens with one attached hydrogen (secondary N) is 1. The number of benzene rings is 2. The van der Waals surface area contributed by atoms with Crippen molar-refractivity contribution in [2.75, 3.05) is 18.1 Å². The summed E-state index contributed by atoms with van der Waals surface area (Å²) in [6, 6.07) is 14.3. The Bertz CT molecular complexity index is 1220. The summed E-state index contributed by atoms with van der Waals surface area (Å²) in [6.45, 7) is 1.97. The predicted molar refractivity (Wildman–Crippen MR) is 130 cm³/mol. The van der Waals surface area contributed by atoms with E-state index in [0.717, 1.165) is 0 Å². The number of para-hydroxylation sites is 1. The van der Waals surface area contributed by atoms with E-state index in [2.05, 4.69) is 10.3 Å². The molecular formula is C26H27F3N4O4. The van der Waals surface area contributed by atoms with E-state index < -0.39 is 54.7 Å². The zero-order chi connectivity index (χ0) is 26.7. The van der Waals surface area contributed by atoms with Crippen molar-refractivity contribution in [1.29, 1.82) is 0 Å². The summed E-state index contributed by atoms with van der Waals surface area (Å²) in [5, 5.41) is 2.51. The number of aliphatic imine (C=N–C) groups is 1. The average molecular weight is 517 g/mol. The molecule has 0 spiro atoms. The first-order chi connectivity index (χ1) is 17.6. The lowest BCUT2D eigenvalue weighted by atomic mass is 9.88. The standard InChI is InChI=1S/C26H27F3N4O4/c1-15(22(30)34)17(11-12-26(27,28)29)24(35)32-23-25(36)33-13-6-14-37-19-10-5-9-18(21(19)33)20(31-23)16-7-3-2-4-8-16/h2-5,7-10,15,17,23H,6,11-14H2,1H3,(H2,30,34)(H,32,35). The fourth-order valence-corrected chi connectivity index (χ4v) is 4.53. The van der Waals surface area contributed by atoms with E-state index in [4.69, 9.17) is 10.5 Å². The van der Waals surface area contributed by atoms with Crippen LogP contribution in [0.2, 0.25) is 0 Å². The Balaban J connectivity index is 1.75. The van der Waals surface area contributed by atoms with Crippen LogP contribution in [-0.2, 0) is 14.4 Å². The van der Waals surface area contributed by atoms with Gasteiger partial charge in [0.1, 0.15) is 5.75 Å². The maximum absolute atomic E-state index is 13.7. The topological polar surface area (TPSA) is 114 Å². The molecule has 3 unspecified atom stereocenters. The fraction of sp³-hybridized carbons (Fsp3) is 0.385. The van der Waals surface area contributed by atoms with Crippen molar-refractivity contribution in [3.63, 3.8) is 0 Å². The summed E-state index contributed by atoms with van der Waals surface area (Å²) in [5.41, 5.74) is 7.55. The van der Waals surface area contributed by atoms with Crippen LogP contribution >= 0.6 is 0 Å². The Morgan fingerprint density at radius 2 is 1.92 bits per heavy atom. The minimum absolute atomic E-state index is 0.294. The molecule has 0 saturated heterocycles. The van der Waals surface area contributed by atoms with Gasteiger partial charge in [0, 0.05) is 35.9 Å². The van der Waals surface area contributed by atoms with Gasteiger partial charge in [-0.05, 0) is 18.9 Å². The Kier molecular flexibility index (Phi) is 7.51. The van der Waals surface area contributed by atoms with Crippen molar-refractivity contribution in [2.24, 2.45) is 22.6 Å². The van der Waals surface area contributed by atoms with E-state index in [1.807, 2.05) is 6.07 Å². The lowest BCUT2D eigenvalue weighted by molar-refractivity contribution is -0.146. The first kappa shape index (κ1) is 26.2. The lowest BCUT2D eigenvalue weighted by Crippen LogP contribution is -2.50. The highest BCUT2D eigenvalue weighted by Crippen LogP contribution is 2.38. The number of carbonyl (C=O) groups excluding carboxylic acids is 3. The second-order valence-corrected chi connectivity index (χ2v) is 9.05. The maximum atomic E-state index is 13.7. The van der Waals surface area contributed by atoms with Gasteiger partial charge in [-0.3, -0.25) is 14.4 Å². The van der Waals surface area contributed by atoms with E-state index in [1.165, 1.54) is 11.8 Å². The minimum atomic E-state index is -4.53. The van der Waals surface area contributed by atoms with Crippen molar-refractivity contribution in [2.45, 2.75) is 38.5 Å². The number of primary amides is 1. The van der Waals surface area contributed by atoms with Gasteiger partial charge in [0.25, 0.3) is 5.91 Å². The molecule has 3 atom stereocenters. The molecule has 2 aliphatic rings. The number of rotatable bonds is 7. The molecule has 0 bridgehead atoms. The minimum Gasteiger partial charge on any atom is -0.491 e. The third-order valence-electron chi connectivity index (χ3n) is 6.52. The highest BCUT2D eigenvalue weighted by molar-refractivity contribution is 6.21. The summed E-state index contributed by atoms with van der Waals surface area (Å²) in [5.74, 6) is -4.46. The normalized spacial score (nSPS) is 18.9. The first-order valence-corrected chi connectivity index (χ1v) is 11.9. The van der Waals surface area contributed by atoms with E-state index in [9.17, 15) is 27.6 Å². The molecule has 3 N–H and O–H groups in total. The van der Waals surface area contributed by atoms with Gasteiger partial charge in [0.05, 0.1) is 18.0 Å². The number of hydrogen-bond donors (Lipinski definition) is 2. The van der Waals surface area contributed by atoms with Crippen LogP contribution in [0.1, 0.15) is 37.3 Å². The summed E-state index contributed by atoms with van der Waals surface area (Å²) in [7, 11) is 0. The van der Waals surface area contributed by atoms with Gasteiger partial charge in [0.15, 0.2) is 0 Å². The van der Waals surface area contributed by atoms with Gasteiger partial charge >= 0.3 is 6.18 Å². The average Bonchev–Trinajstić information content (AvgIpc) is 3.14. The summed E-state index contributed by atoms with van der Waals surface area (Å²) >= 11 is 0. The number of amides is 3. The first-order valence-electron chi connectivity index (χ1n) is 11.9. The third-order valence-corrected chi connectivity index (χ3v) is 6.52. The van der Waals surface area contributed by atoms with Crippen LogP contribution in [0.25, 0.3) is 0 Å². The van der Waals surface area contributed by atoms with Gasteiger partial charge in [-0.1, -0.05) is 49.4 Å². The number of ether oxygens (including phenoxy) is 1. The molecule has 196 valence electrons. The zero-order valence-electron chi connectivity index (χ0n) is 20.1. The zero-order valence-corrected chi connectivity index (χ0v) is 20.1. The van der Waals surface area contributed by atoms with Crippen LogP contribution in [-0.4, -0.2) is 48.9 Å². The number of hydrogen-bond acceptors (Lipinski definition) is 5. The Labute approximate surface area is 211 Å². The molecule has 0 saturated carbocycles. The number of alkyl halides is 3. The summed E-state index contributed by atoms with van der Waals surface area (Å²) < 4.78 is 44.7. The monoisotopic (exact) mass is 516 g/mol. The number of carbonyl (C=O) groups is 3. The van der Waals surface area contributed by atoms with Crippen molar-refractivity contribution in [3.05, 3.63) is 59.7 Å². The van der Waals surface area contributed by atoms with E-state index in [1.54, 1.807) is 42.5 Å². The smallest absolute Gasteiger partial charge is 0.389 e. The van der Waals surface area contributed by atoms with Crippen molar-refractivity contribution < 1.29 is 32.3 Å². The third kappa shape index (κ3) is 5.76. The molecule has 2 heterocycles. The van der Waals surface area contributed by atoms with Crippen molar-refractivity contribution in [1.82, 2.24) is 5.32 Å². The Hall–Kier alpha value is -3.89. The van der Waals surface area contributed by atoms with Gasteiger partial charge in [-0.15, -0.1) is 0 Å². The molecular weight excluding hydrogens is 489 g/mol. The van der Waals surface area contributed by atoms with Gasteiger partial charge in [0.2, 0.25) is 18.0 Å². The quantitative estimate of drug-likeness (QED) is 0.588. The molecule has 2 aliphatic heterocycles. The van der Waals surface area contributed by atoms with E-state index >= 15 is 0 Å². The highest BCUT2D eigenvalue weighted by Gasteiger charge is 2.39. The molecule has 2 aromatic rings. The molecule has 37 heavy (non-hydrogen) atoms. The maximum Gasteiger partial charge on any atom is 0.389 e. The fourth-order valence-electron chi connectivity index (χ4n) is 4.53. The molecule has 3 amide bonds. The Morgan fingerprint density at radius 3 is 2.59 bits per heavy atom. The molecule has 0 fully saturated rings. The lowest BCUT2D eigenvalue weighted by Gasteiger charge is -2.26. The van der Waals surface area contributed by atoms with Crippen LogP contribution in [0.15, 0.2) is 53.5 Å². The SMILES string of the molecule is CC(C(N)=O)C(CCC(F)(F)F)C(=O)NC1N=C(c2ccccc2)c2cccc3c2N(CCCO3)C1=O. The molecule has 0 aromatic heterocycles.